The SMILES string of the molecule is C=C1/C(=C\C=C2/CCC[C@@]3(C)[C@H]2CC[C@@]32N[C@]2(C)CCC(C)(C)C(=O)C(C)(C)C)C[C@@H](O)C[C@@H]1O. The molecular formula is C31H49NO3. The quantitative estimate of drug-likeness (QED) is 0.417. The molecule has 4 aliphatic rings. The minimum atomic E-state index is -0.638. The molecule has 35 heavy (non-hydrogen) atoms. The van der Waals surface area contributed by atoms with Gasteiger partial charge in [0.1, 0.15) is 5.78 Å². The van der Waals surface area contributed by atoms with E-state index < -0.39 is 12.2 Å². The van der Waals surface area contributed by atoms with Crippen molar-refractivity contribution < 1.29 is 15.0 Å². The smallest absolute Gasteiger partial charge is 0.143 e. The Balaban J connectivity index is 1.51. The van der Waals surface area contributed by atoms with E-state index >= 15 is 0 Å². The maximum Gasteiger partial charge on any atom is 0.143 e. The zero-order valence-corrected chi connectivity index (χ0v) is 23.3. The molecule has 0 unspecified atom stereocenters. The Kier molecular flexibility index (Phi) is 6.64. The lowest BCUT2D eigenvalue weighted by atomic mass is 9.60. The number of aliphatic hydroxyl groups excluding tert-OH is 2. The molecule has 1 heterocycles. The number of Topliss-reactive ketones (excluding diaryl/α,β-unsaturated/α-hetero) is 1. The van der Waals surface area contributed by atoms with Gasteiger partial charge in [0.25, 0.3) is 0 Å². The molecule has 3 saturated carbocycles. The Bertz CT molecular complexity index is 953. The van der Waals surface area contributed by atoms with Crippen molar-refractivity contribution in [2.45, 2.75) is 130 Å². The Hall–Kier alpha value is -1.23. The second-order valence-corrected chi connectivity index (χ2v) is 14.3. The largest absolute Gasteiger partial charge is 0.393 e. The zero-order chi connectivity index (χ0) is 26.0. The number of carbonyl (C=O) groups is 1. The van der Waals surface area contributed by atoms with Gasteiger partial charge in [0.15, 0.2) is 0 Å². The average Bonchev–Trinajstić information content (AvgIpc) is 3.26. The third-order valence-corrected chi connectivity index (χ3v) is 10.3. The molecule has 4 heteroatoms. The number of fused-ring (bicyclic) bond motifs is 2. The first-order valence-electron chi connectivity index (χ1n) is 13.9. The predicted octanol–water partition coefficient (Wildman–Crippen LogP) is 6.03. The van der Waals surface area contributed by atoms with E-state index in [1.54, 1.807) is 0 Å². The van der Waals surface area contributed by atoms with Crippen LogP contribution in [0.1, 0.15) is 106 Å². The summed E-state index contributed by atoms with van der Waals surface area (Å²) >= 11 is 0. The van der Waals surface area contributed by atoms with Crippen molar-refractivity contribution in [1.29, 1.82) is 0 Å². The van der Waals surface area contributed by atoms with Crippen LogP contribution in [0.15, 0.2) is 35.5 Å². The molecule has 1 spiro atoms. The summed E-state index contributed by atoms with van der Waals surface area (Å²) in [5.74, 6) is 0.910. The summed E-state index contributed by atoms with van der Waals surface area (Å²) in [6.45, 7) is 19.3. The maximum absolute atomic E-state index is 13.1. The maximum atomic E-state index is 13.1. The molecule has 0 amide bonds. The summed E-state index contributed by atoms with van der Waals surface area (Å²) in [5, 5.41) is 24.4. The fourth-order valence-electron chi connectivity index (χ4n) is 8.26. The van der Waals surface area contributed by atoms with Crippen molar-refractivity contribution >= 4 is 5.78 Å². The highest BCUT2D eigenvalue weighted by molar-refractivity contribution is 5.88. The molecule has 3 N–H and O–H groups in total. The normalized spacial score (nSPS) is 42.1. The first kappa shape index (κ1) is 26.8. The highest BCUT2D eigenvalue weighted by atomic mass is 16.3. The van der Waals surface area contributed by atoms with Crippen LogP contribution in [0.2, 0.25) is 0 Å². The molecular weight excluding hydrogens is 434 g/mol. The van der Waals surface area contributed by atoms with Crippen molar-refractivity contribution in [3.63, 3.8) is 0 Å². The molecule has 0 bridgehead atoms. The monoisotopic (exact) mass is 483 g/mol. The topological polar surface area (TPSA) is 79.5 Å². The van der Waals surface area contributed by atoms with E-state index in [4.69, 9.17) is 0 Å². The molecule has 4 fully saturated rings. The Morgan fingerprint density at radius 3 is 2.49 bits per heavy atom. The van der Waals surface area contributed by atoms with Crippen LogP contribution in [0.5, 0.6) is 0 Å². The molecule has 196 valence electrons. The van der Waals surface area contributed by atoms with Crippen LogP contribution in [-0.2, 0) is 4.79 Å². The summed E-state index contributed by atoms with van der Waals surface area (Å²) < 4.78 is 0. The van der Waals surface area contributed by atoms with Gasteiger partial charge in [-0.15, -0.1) is 0 Å². The van der Waals surface area contributed by atoms with Gasteiger partial charge in [-0.05, 0) is 80.8 Å². The summed E-state index contributed by atoms with van der Waals surface area (Å²) in [5.41, 5.74) is 3.10. The van der Waals surface area contributed by atoms with Crippen LogP contribution in [0.3, 0.4) is 0 Å². The highest BCUT2D eigenvalue weighted by Gasteiger charge is 2.75. The summed E-state index contributed by atoms with van der Waals surface area (Å²) in [4.78, 5) is 13.1. The molecule has 4 nitrogen and oxygen atoms in total. The van der Waals surface area contributed by atoms with E-state index in [-0.39, 0.29) is 27.3 Å². The van der Waals surface area contributed by atoms with Gasteiger partial charge >= 0.3 is 0 Å². The number of hydrogen-bond donors (Lipinski definition) is 3. The highest BCUT2D eigenvalue weighted by Crippen LogP contribution is 2.69. The lowest BCUT2D eigenvalue weighted by Crippen LogP contribution is -2.43. The van der Waals surface area contributed by atoms with Crippen molar-refractivity contribution in [1.82, 2.24) is 5.32 Å². The van der Waals surface area contributed by atoms with Gasteiger partial charge in [-0.2, -0.15) is 0 Å². The minimum Gasteiger partial charge on any atom is -0.393 e. The first-order valence-corrected chi connectivity index (χ1v) is 13.9. The van der Waals surface area contributed by atoms with Gasteiger partial charge in [0.05, 0.1) is 12.2 Å². The van der Waals surface area contributed by atoms with Crippen molar-refractivity contribution in [3.8, 4) is 0 Å². The van der Waals surface area contributed by atoms with Gasteiger partial charge in [-0.25, -0.2) is 0 Å². The number of nitrogens with one attached hydrogen (secondary N) is 1. The van der Waals surface area contributed by atoms with Gasteiger partial charge in [0.2, 0.25) is 0 Å². The van der Waals surface area contributed by atoms with Crippen molar-refractivity contribution in [2.24, 2.45) is 22.2 Å². The summed E-state index contributed by atoms with van der Waals surface area (Å²) in [6.07, 6.45) is 12.1. The van der Waals surface area contributed by atoms with E-state index in [0.29, 0.717) is 24.5 Å². The van der Waals surface area contributed by atoms with E-state index in [2.05, 4.69) is 51.7 Å². The standard InChI is InChI=1S/C31H49NO3/c1-20-22(18-23(33)19-25(20)34)12-11-21-10-9-14-29(7)24(21)13-15-31(29)30(8,32-31)17-16-28(5,6)26(35)27(2,3)4/h11-12,23-25,32-34H,1,9-10,13-19H2,2-8H3/b21-11+,22-12-/t23-,24+,25+,29+,30-,31-/m1/s1. The lowest BCUT2D eigenvalue weighted by Gasteiger charge is -2.43. The molecule has 0 aromatic carbocycles. The fourth-order valence-corrected chi connectivity index (χ4v) is 8.26. The number of carbonyl (C=O) groups excluding carboxylic acids is 1. The Morgan fingerprint density at radius 2 is 1.83 bits per heavy atom. The van der Waals surface area contributed by atoms with Crippen LogP contribution in [0.25, 0.3) is 0 Å². The zero-order valence-electron chi connectivity index (χ0n) is 23.3. The van der Waals surface area contributed by atoms with Crippen molar-refractivity contribution in [2.75, 3.05) is 0 Å². The molecule has 0 aromatic heterocycles. The molecule has 1 saturated heterocycles. The van der Waals surface area contributed by atoms with Gasteiger partial charge in [-0.3, -0.25) is 4.79 Å². The number of ketones is 1. The number of rotatable bonds is 5. The first-order chi connectivity index (χ1) is 16.1. The molecule has 3 aliphatic carbocycles. The second kappa shape index (κ2) is 8.67. The molecule has 1 aliphatic heterocycles. The van der Waals surface area contributed by atoms with Gasteiger partial charge in [0, 0.05) is 28.3 Å². The molecule has 0 aromatic rings. The van der Waals surface area contributed by atoms with E-state index in [1.807, 2.05) is 20.8 Å². The van der Waals surface area contributed by atoms with Crippen LogP contribution in [0, 0.1) is 22.2 Å². The average molecular weight is 484 g/mol. The summed E-state index contributed by atoms with van der Waals surface area (Å²) in [7, 11) is 0. The summed E-state index contributed by atoms with van der Waals surface area (Å²) in [6, 6.07) is 0. The van der Waals surface area contributed by atoms with Crippen LogP contribution in [-0.4, -0.2) is 39.3 Å². The number of allylic oxidation sites excluding steroid dienone is 3. The van der Waals surface area contributed by atoms with Crippen molar-refractivity contribution in [3.05, 3.63) is 35.5 Å². The fraction of sp³-hybridized carbons (Fsp3) is 0.774. The third kappa shape index (κ3) is 4.42. The second-order valence-electron chi connectivity index (χ2n) is 14.3. The van der Waals surface area contributed by atoms with E-state index in [1.165, 1.54) is 31.3 Å². The van der Waals surface area contributed by atoms with Crippen LogP contribution in [0.4, 0.5) is 0 Å². The molecule has 6 atom stereocenters. The molecule has 0 radical (unpaired) electrons. The third-order valence-electron chi connectivity index (χ3n) is 10.3. The van der Waals surface area contributed by atoms with Gasteiger partial charge < -0.3 is 15.5 Å². The van der Waals surface area contributed by atoms with Crippen LogP contribution >= 0.6 is 0 Å². The van der Waals surface area contributed by atoms with E-state index in [0.717, 1.165) is 30.4 Å². The lowest BCUT2D eigenvalue weighted by molar-refractivity contribution is -0.135. The van der Waals surface area contributed by atoms with Crippen LogP contribution < -0.4 is 5.32 Å². The molecule has 4 rings (SSSR count). The minimum absolute atomic E-state index is 0.0821. The number of hydrogen-bond acceptors (Lipinski definition) is 4. The Morgan fingerprint density at radius 1 is 1.14 bits per heavy atom. The van der Waals surface area contributed by atoms with Gasteiger partial charge in [-0.1, -0.05) is 65.8 Å². The Labute approximate surface area is 213 Å². The number of aliphatic hydroxyl groups is 2. The van der Waals surface area contributed by atoms with E-state index in [9.17, 15) is 15.0 Å². The predicted molar refractivity (Wildman–Crippen MR) is 143 cm³/mol.